The van der Waals surface area contributed by atoms with Crippen LogP contribution in [-0.2, 0) is 9.59 Å². The summed E-state index contributed by atoms with van der Waals surface area (Å²) in [5, 5.41) is -0.461. The van der Waals surface area contributed by atoms with E-state index in [0.29, 0.717) is 0 Å². The smallest absolute Gasteiger partial charge is 0.224 e. The Hall–Kier alpha value is -0.0800. The van der Waals surface area contributed by atoms with Gasteiger partial charge in [-0.2, -0.15) is 0 Å². The van der Waals surface area contributed by atoms with E-state index in [2.05, 4.69) is 0 Å². The molecule has 2 rings (SSSR count). The fraction of sp³-hybridized carbons (Fsp3) is 0.778. The third-order valence-corrected chi connectivity index (χ3v) is 3.98. The summed E-state index contributed by atoms with van der Waals surface area (Å²) in [5.41, 5.74) is 0.241. The van der Waals surface area contributed by atoms with Crippen LogP contribution in [0.5, 0.6) is 0 Å². The highest BCUT2D eigenvalue weighted by molar-refractivity contribution is 6.64. The average molecular weight is 221 g/mol. The number of carbonyl (C=O) groups is 2. The first-order valence-corrected chi connectivity index (χ1v) is 5.17. The Balaban J connectivity index is 1.82. The van der Waals surface area contributed by atoms with E-state index < -0.39 is 0 Å². The SMILES string of the molecule is O=C(Cl)C1CC2(C1)CC(C(=O)Cl)C2. The third-order valence-electron chi connectivity index (χ3n) is 3.36. The van der Waals surface area contributed by atoms with Crippen molar-refractivity contribution in [3.05, 3.63) is 0 Å². The van der Waals surface area contributed by atoms with Crippen molar-refractivity contribution < 1.29 is 9.59 Å². The third kappa shape index (κ3) is 1.50. The summed E-state index contributed by atoms with van der Waals surface area (Å²) >= 11 is 10.7. The van der Waals surface area contributed by atoms with Crippen LogP contribution < -0.4 is 0 Å². The van der Waals surface area contributed by atoms with Crippen LogP contribution >= 0.6 is 23.2 Å². The van der Waals surface area contributed by atoms with E-state index >= 15 is 0 Å². The number of carbonyl (C=O) groups excluding carboxylic acids is 2. The molecule has 0 N–H and O–H groups in total. The van der Waals surface area contributed by atoms with Crippen molar-refractivity contribution in [3.8, 4) is 0 Å². The minimum Gasteiger partial charge on any atom is -0.281 e. The highest BCUT2D eigenvalue weighted by atomic mass is 35.5. The van der Waals surface area contributed by atoms with Crippen molar-refractivity contribution in [1.82, 2.24) is 0 Å². The molecule has 2 aliphatic carbocycles. The Morgan fingerprint density at radius 2 is 1.23 bits per heavy atom. The molecule has 0 bridgehead atoms. The maximum absolute atomic E-state index is 10.7. The van der Waals surface area contributed by atoms with Crippen LogP contribution in [-0.4, -0.2) is 10.5 Å². The molecular formula is C9H10Cl2O2. The monoisotopic (exact) mass is 220 g/mol. The van der Waals surface area contributed by atoms with Gasteiger partial charge >= 0.3 is 0 Å². The van der Waals surface area contributed by atoms with Crippen molar-refractivity contribution in [3.63, 3.8) is 0 Å². The van der Waals surface area contributed by atoms with Crippen molar-refractivity contribution in [2.24, 2.45) is 17.3 Å². The van der Waals surface area contributed by atoms with Crippen LogP contribution in [0.1, 0.15) is 25.7 Å². The quantitative estimate of drug-likeness (QED) is 0.670. The molecule has 13 heavy (non-hydrogen) atoms. The van der Waals surface area contributed by atoms with Crippen LogP contribution in [0.25, 0.3) is 0 Å². The van der Waals surface area contributed by atoms with Crippen LogP contribution in [0.15, 0.2) is 0 Å². The van der Waals surface area contributed by atoms with E-state index in [1.807, 2.05) is 0 Å². The van der Waals surface area contributed by atoms with Crippen molar-refractivity contribution >= 4 is 33.7 Å². The molecule has 1 spiro atoms. The summed E-state index contributed by atoms with van der Waals surface area (Å²) in [6, 6.07) is 0. The van der Waals surface area contributed by atoms with E-state index in [0.717, 1.165) is 25.7 Å². The van der Waals surface area contributed by atoms with Gasteiger partial charge in [-0.3, -0.25) is 9.59 Å². The Morgan fingerprint density at radius 3 is 1.46 bits per heavy atom. The van der Waals surface area contributed by atoms with Gasteiger partial charge in [-0.15, -0.1) is 0 Å². The van der Waals surface area contributed by atoms with Gasteiger partial charge in [-0.25, -0.2) is 0 Å². The maximum atomic E-state index is 10.7. The Kier molecular flexibility index (Phi) is 2.16. The summed E-state index contributed by atoms with van der Waals surface area (Å²) in [4.78, 5) is 21.5. The normalized spacial score (nSPS) is 42.3. The van der Waals surface area contributed by atoms with E-state index in [4.69, 9.17) is 23.2 Å². The molecule has 2 aliphatic rings. The number of rotatable bonds is 2. The molecule has 0 heterocycles. The lowest BCUT2D eigenvalue weighted by Crippen LogP contribution is -2.50. The fourth-order valence-corrected chi connectivity index (χ4v) is 2.93. The Morgan fingerprint density at radius 1 is 0.923 bits per heavy atom. The second-order valence-corrected chi connectivity index (χ2v) is 5.06. The molecule has 0 radical (unpaired) electrons. The van der Waals surface area contributed by atoms with E-state index in [9.17, 15) is 9.59 Å². The number of hydrogen-bond donors (Lipinski definition) is 0. The van der Waals surface area contributed by atoms with E-state index in [1.165, 1.54) is 0 Å². The summed E-state index contributed by atoms with van der Waals surface area (Å²) in [6.07, 6.45) is 3.43. The molecule has 0 unspecified atom stereocenters. The zero-order valence-corrected chi connectivity index (χ0v) is 8.57. The predicted molar refractivity (Wildman–Crippen MR) is 49.6 cm³/mol. The van der Waals surface area contributed by atoms with Crippen LogP contribution in [0.2, 0.25) is 0 Å². The molecule has 0 saturated heterocycles. The highest BCUT2D eigenvalue weighted by Crippen LogP contribution is 2.61. The molecule has 0 aromatic carbocycles. The predicted octanol–water partition coefficient (Wildman–Crippen LogP) is 2.32. The number of hydrogen-bond acceptors (Lipinski definition) is 2. The fourth-order valence-electron chi connectivity index (χ4n) is 2.63. The van der Waals surface area contributed by atoms with Gasteiger partial charge in [0.2, 0.25) is 10.5 Å². The van der Waals surface area contributed by atoms with Gasteiger partial charge in [0.1, 0.15) is 0 Å². The van der Waals surface area contributed by atoms with Gasteiger partial charge in [0.15, 0.2) is 0 Å². The van der Waals surface area contributed by atoms with Crippen molar-refractivity contribution in [2.75, 3.05) is 0 Å². The molecule has 0 amide bonds. The average Bonchev–Trinajstić information content (AvgIpc) is 1.78. The Labute approximate surface area is 86.6 Å². The summed E-state index contributed by atoms with van der Waals surface area (Å²) in [5.74, 6) is 0.0705. The highest BCUT2D eigenvalue weighted by Gasteiger charge is 2.55. The molecule has 2 fully saturated rings. The van der Waals surface area contributed by atoms with Crippen LogP contribution in [0, 0.1) is 17.3 Å². The molecule has 72 valence electrons. The summed E-state index contributed by atoms with van der Waals surface area (Å²) in [7, 11) is 0. The second kappa shape index (κ2) is 2.96. The minimum atomic E-state index is -0.230. The topological polar surface area (TPSA) is 34.1 Å². The minimum absolute atomic E-state index is 0.0352. The van der Waals surface area contributed by atoms with Gasteiger partial charge in [0.25, 0.3) is 0 Å². The summed E-state index contributed by atoms with van der Waals surface area (Å²) in [6.45, 7) is 0. The number of halogens is 2. The van der Waals surface area contributed by atoms with Crippen molar-refractivity contribution in [1.29, 1.82) is 0 Å². The largest absolute Gasteiger partial charge is 0.281 e. The molecule has 0 aromatic heterocycles. The lowest BCUT2D eigenvalue weighted by molar-refractivity contribution is -0.138. The Bertz CT molecular complexity index is 231. The first-order chi connectivity index (χ1) is 6.02. The lowest BCUT2D eigenvalue weighted by Gasteiger charge is -2.56. The standard InChI is InChI=1S/C9H10Cl2O2/c10-7(12)5-1-9(2-5)3-6(4-9)8(11)13/h5-6H,1-4H2. The van der Waals surface area contributed by atoms with Crippen molar-refractivity contribution in [2.45, 2.75) is 25.7 Å². The van der Waals surface area contributed by atoms with Gasteiger partial charge in [0, 0.05) is 11.8 Å². The van der Waals surface area contributed by atoms with Crippen LogP contribution in [0.4, 0.5) is 0 Å². The summed E-state index contributed by atoms with van der Waals surface area (Å²) < 4.78 is 0. The molecule has 4 heteroatoms. The molecule has 0 atom stereocenters. The van der Waals surface area contributed by atoms with Crippen LogP contribution in [0.3, 0.4) is 0 Å². The second-order valence-electron chi connectivity index (χ2n) is 4.32. The maximum Gasteiger partial charge on any atom is 0.224 e. The molecule has 2 saturated carbocycles. The van der Waals surface area contributed by atoms with E-state index in [1.54, 1.807) is 0 Å². The first kappa shape index (κ1) is 9.47. The first-order valence-electron chi connectivity index (χ1n) is 4.41. The molecule has 2 nitrogen and oxygen atoms in total. The van der Waals surface area contributed by atoms with Gasteiger partial charge in [-0.05, 0) is 54.3 Å². The van der Waals surface area contributed by atoms with Gasteiger partial charge in [-0.1, -0.05) is 0 Å². The molecule has 0 aromatic rings. The van der Waals surface area contributed by atoms with Gasteiger partial charge < -0.3 is 0 Å². The lowest BCUT2D eigenvalue weighted by atomic mass is 9.48. The zero-order chi connectivity index (χ0) is 9.64. The van der Waals surface area contributed by atoms with E-state index in [-0.39, 0.29) is 27.7 Å². The zero-order valence-electron chi connectivity index (χ0n) is 7.06. The molecular weight excluding hydrogens is 211 g/mol. The van der Waals surface area contributed by atoms with Gasteiger partial charge in [0.05, 0.1) is 0 Å². The molecule has 0 aliphatic heterocycles.